The third kappa shape index (κ3) is 3.30. The maximum Gasteiger partial charge on any atom is 0.292 e. The second-order valence-corrected chi connectivity index (χ2v) is 5.62. The number of halogens is 1. The van der Waals surface area contributed by atoms with Crippen molar-refractivity contribution < 1.29 is 9.18 Å². The summed E-state index contributed by atoms with van der Waals surface area (Å²) >= 11 is 0. The van der Waals surface area contributed by atoms with Gasteiger partial charge in [0.15, 0.2) is 5.82 Å². The summed E-state index contributed by atoms with van der Waals surface area (Å²) in [6.45, 7) is 5.12. The maximum atomic E-state index is 14.0. The molecule has 7 nitrogen and oxygen atoms in total. The van der Waals surface area contributed by atoms with E-state index in [0.29, 0.717) is 22.8 Å². The van der Waals surface area contributed by atoms with Crippen LogP contribution in [0, 0.1) is 11.2 Å². The number of amides is 1. The normalized spacial score (nSPS) is 14.3. The molecule has 0 atom stereocenters. The molecule has 3 rings (SSSR count). The van der Waals surface area contributed by atoms with Crippen molar-refractivity contribution in [1.82, 2.24) is 15.7 Å². The number of nitrogens with one attached hydrogen (secondary N) is 3. The number of hydrazine groups is 1. The van der Waals surface area contributed by atoms with Crippen molar-refractivity contribution in [3.63, 3.8) is 0 Å². The van der Waals surface area contributed by atoms with Crippen LogP contribution in [0.5, 0.6) is 0 Å². The molecule has 2 heterocycles. The summed E-state index contributed by atoms with van der Waals surface area (Å²) in [4.78, 5) is 19.5. The molecule has 0 saturated heterocycles. The highest BCUT2D eigenvalue weighted by Crippen LogP contribution is 2.32. The van der Waals surface area contributed by atoms with E-state index in [2.05, 4.69) is 27.4 Å². The van der Waals surface area contributed by atoms with Gasteiger partial charge in [-0.15, -0.1) is 0 Å². The van der Waals surface area contributed by atoms with Gasteiger partial charge in [0.25, 0.3) is 5.91 Å². The fourth-order valence-corrected chi connectivity index (χ4v) is 2.62. The Kier molecular flexibility index (Phi) is 4.74. The number of carbonyl (C=O) groups is 1. The highest BCUT2D eigenvalue weighted by atomic mass is 19.1. The van der Waals surface area contributed by atoms with Crippen LogP contribution < -0.4 is 15.8 Å². The number of nitrogens with zero attached hydrogens (tertiary/aromatic N) is 3. The van der Waals surface area contributed by atoms with E-state index in [1.54, 1.807) is 42.4 Å². The third-order valence-electron chi connectivity index (χ3n) is 3.89. The zero-order valence-corrected chi connectivity index (χ0v) is 14.1. The van der Waals surface area contributed by atoms with Gasteiger partial charge in [0.05, 0.1) is 12.2 Å². The van der Waals surface area contributed by atoms with E-state index >= 15 is 0 Å². The van der Waals surface area contributed by atoms with Crippen LogP contribution >= 0.6 is 0 Å². The van der Waals surface area contributed by atoms with Crippen molar-refractivity contribution in [3.05, 3.63) is 65.2 Å². The second kappa shape index (κ2) is 7.14. The van der Waals surface area contributed by atoms with Crippen molar-refractivity contribution in [2.75, 3.05) is 5.01 Å². The van der Waals surface area contributed by atoms with Gasteiger partial charge in [0.1, 0.15) is 5.82 Å². The van der Waals surface area contributed by atoms with Crippen LogP contribution in [0.2, 0.25) is 0 Å². The highest BCUT2D eigenvalue weighted by Gasteiger charge is 2.27. The van der Waals surface area contributed by atoms with E-state index in [0.717, 1.165) is 5.56 Å². The van der Waals surface area contributed by atoms with Gasteiger partial charge in [-0.3, -0.25) is 20.6 Å². The Morgan fingerprint density at radius 1 is 1.38 bits per heavy atom. The van der Waals surface area contributed by atoms with Gasteiger partial charge in [-0.25, -0.2) is 14.4 Å². The number of rotatable bonds is 3. The zero-order valence-electron chi connectivity index (χ0n) is 14.1. The quantitative estimate of drug-likeness (QED) is 0.583. The highest BCUT2D eigenvalue weighted by molar-refractivity contribution is 6.38. The smallest absolute Gasteiger partial charge is 0.292 e. The van der Waals surface area contributed by atoms with Crippen LogP contribution in [0.25, 0.3) is 5.70 Å². The molecule has 0 spiro atoms. The number of allylic oxidation sites excluding steroid dienone is 1. The first kappa shape index (κ1) is 17.3. The minimum Gasteiger partial charge on any atom is -0.321 e. The molecule has 0 aliphatic carbocycles. The molecular weight excluding hydrogens is 335 g/mol. The number of aliphatic imine (C=N–C) groups is 1. The molecule has 26 heavy (non-hydrogen) atoms. The Labute approximate surface area is 149 Å². The van der Waals surface area contributed by atoms with Crippen LogP contribution in [0.4, 0.5) is 10.2 Å². The number of hydrogen-bond acceptors (Lipinski definition) is 5. The first-order valence-electron chi connectivity index (χ1n) is 7.81. The summed E-state index contributed by atoms with van der Waals surface area (Å²) in [5.41, 5.74) is 5.54. The molecule has 8 heteroatoms. The van der Waals surface area contributed by atoms with E-state index in [9.17, 15) is 9.18 Å². The molecule has 1 aliphatic rings. The van der Waals surface area contributed by atoms with Crippen LogP contribution in [-0.2, 0) is 11.3 Å². The van der Waals surface area contributed by atoms with E-state index in [1.807, 2.05) is 6.07 Å². The molecule has 2 aromatic rings. The van der Waals surface area contributed by atoms with Gasteiger partial charge in [0, 0.05) is 23.0 Å². The first-order valence-corrected chi connectivity index (χ1v) is 7.81. The predicted molar refractivity (Wildman–Crippen MR) is 98.0 cm³/mol. The summed E-state index contributed by atoms with van der Waals surface area (Å²) in [6, 6.07) is 10.1. The molecule has 0 unspecified atom stereocenters. The maximum absolute atomic E-state index is 14.0. The standard InChI is InChI=1S/C18H17FN6O/c1-11(23-18(26)16(20)21-2)15-13-7-5-9-22-17(13)25(24-15)10-12-6-3-4-8-14(12)19/h3-9,20,24H,2,10H2,1H3,(H,23,26)/b15-11+,20-16?. The second-order valence-electron chi connectivity index (χ2n) is 5.62. The lowest BCUT2D eigenvalue weighted by Crippen LogP contribution is -2.34. The summed E-state index contributed by atoms with van der Waals surface area (Å²) in [6.07, 6.45) is 1.64. The van der Waals surface area contributed by atoms with Gasteiger partial charge in [-0.2, -0.15) is 0 Å². The van der Waals surface area contributed by atoms with E-state index in [-0.39, 0.29) is 12.4 Å². The van der Waals surface area contributed by atoms with Crippen molar-refractivity contribution in [2.24, 2.45) is 4.99 Å². The lowest BCUT2D eigenvalue weighted by molar-refractivity contribution is -0.114. The number of carbonyl (C=O) groups excluding carboxylic acids is 1. The lowest BCUT2D eigenvalue weighted by Gasteiger charge is -2.19. The molecule has 0 bridgehead atoms. The predicted octanol–water partition coefficient (Wildman–Crippen LogP) is 2.23. The monoisotopic (exact) mass is 352 g/mol. The van der Waals surface area contributed by atoms with Crippen LogP contribution in [0.15, 0.2) is 53.3 Å². The summed E-state index contributed by atoms with van der Waals surface area (Å²) in [5.74, 6) is -0.821. The topological polar surface area (TPSA) is 93.5 Å². The van der Waals surface area contributed by atoms with Crippen molar-refractivity contribution in [1.29, 1.82) is 5.41 Å². The Morgan fingerprint density at radius 3 is 2.88 bits per heavy atom. The molecule has 132 valence electrons. The first-order chi connectivity index (χ1) is 12.5. The van der Waals surface area contributed by atoms with Gasteiger partial charge in [-0.05, 0) is 31.8 Å². The number of amidine groups is 1. The van der Waals surface area contributed by atoms with Crippen molar-refractivity contribution in [3.8, 4) is 0 Å². The average molecular weight is 352 g/mol. The minimum absolute atomic E-state index is 0.255. The fourth-order valence-electron chi connectivity index (χ4n) is 2.62. The van der Waals surface area contributed by atoms with Gasteiger partial charge in [0.2, 0.25) is 5.84 Å². The molecule has 0 fully saturated rings. The largest absolute Gasteiger partial charge is 0.321 e. The minimum atomic E-state index is -0.662. The lowest BCUT2D eigenvalue weighted by atomic mass is 10.1. The van der Waals surface area contributed by atoms with Gasteiger partial charge < -0.3 is 5.32 Å². The average Bonchev–Trinajstić information content (AvgIpc) is 3.01. The Morgan fingerprint density at radius 2 is 2.15 bits per heavy atom. The van der Waals surface area contributed by atoms with Crippen LogP contribution in [0.3, 0.4) is 0 Å². The molecule has 0 radical (unpaired) electrons. The summed E-state index contributed by atoms with van der Waals surface area (Å²) in [7, 11) is 0. The third-order valence-corrected chi connectivity index (χ3v) is 3.89. The van der Waals surface area contributed by atoms with E-state index in [1.165, 1.54) is 6.07 Å². The molecular formula is C18H17FN6O. The number of fused-ring (bicyclic) bond motifs is 1. The van der Waals surface area contributed by atoms with E-state index in [4.69, 9.17) is 5.41 Å². The number of benzene rings is 1. The van der Waals surface area contributed by atoms with E-state index < -0.39 is 11.7 Å². The van der Waals surface area contributed by atoms with Crippen molar-refractivity contribution >= 4 is 30.0 Å². The Balaban J connectivity index is 1.91. The Bertz CT molecular complexity index is 923. The number of pyridine rings is 1. The van der Waals surface area contributed by atoms with Crippen molar-refractivity contribution in [2.45, 2.75) is 13.5 Å². The summed E-state index contributed by atoms with van der Waals surface area (Å²) in [5, 5.41) is 11.7. The molecule has 1 aliphatic heterocycles. The summed E-state index contributed by atoms with van der Waals surface area (Å²) < 4.78 is 14.0. The van der Waals surface area contributed by atoms with Gasteiger partial charge >= 0.3 is 0 Å². The molecule has 1 aromatic carbocycles. The molecule has 1 aromatic heterocycles. The molecule has 0 saturated carbocycles. The Hall–Kier alpha value is -3.55. The number of hydrogen-bond donors (Lipinski definition) is 3. The molecule has 3 N–H and O–H groups in total. The molecule has 1 amide bonds. The van der Waals surface area contributed by atoms with Crippen LogP contribution in [0.1, 0.15) is 18.1 Å². The fraction of sp³-hybridized carbons (Fsp3) is 0.111. The number of anilines is 1. The van der Waals surface area contributed by atoms with Crippen LogP contribution in [-0.4, -0.2) is 23.4 Å². The zero-order chi connectivity index (χ0) is 18.7. The van der Waals surface area contributed by atoms with Gasteiger partial charge in [-0.1, -0.05) is 18.2 Å². The number of aromatic nitrogens is 1. The SMILES string of the molecule is C=NC(=N)C(=O)N/C(C)=C1/NN(Cc2ccccc2F)c2ncccc21.